The summed E-state index contributed by atoms with van der Waals surface area (Å²) in [5.74, 6) is 1.16. The SMILES string of the molecule is Cc1cc(CN2C[C@@H](F)C[C@H]2CN(C)c2nnc(-c3cccc(F)c3)cc2C)on1. The van der Waals surface area contributed by atoms with E-state index in [-0.39, 0.29) is 11.9 Å². The lowest BCUT2D eigenvalue weighted by Gasteiger charge is -2.28. The zero-order chi connectivity index (χ0) is 21.3. The smallest absolute Gasteiger partial charge is 0.154 e. The average molecular weight is 413 g/mol. The molecular formula is C22H25F2N5O. The minimum atomic E-state index is -0.866. The Morgan fingerprint density at radius 2 is 2.03 bits per heavy atom. The van der Waals surface area contributed by atoms with Crippen LogP contribution in [0.5, 0.6) is 0 Å². The van der Waals surface area contributed by atoms with Gasteiger partial charge in [0.25, 0.3) is 0 Å². The number of rotatable bonds is 6. The Balaban J connectivity index is 1.47. The van der Waals surface area contributed by atoms with Gasteiger partial charge >= 0.3 is 0 Å². The monoisotopic (exact) mass is 413 g/mol. The van der Waals surface area contributed by atoms with Crippen molar-refractivity contribution in [3.63, 3.8) is 0 Å². The third kappa shape index (κ3) is 4.48. The van der Waals surface area contributed by atoms with Crippen LogP contribution < -0.4 is 4.90 Å². The molecule has 1 aliphatic heterocycles. The molecule has 3 aromatic rings. The number of hydrogen-bond acceptors (Lipinski definition) is 6. The van der Waals surface area contributed by atoms with E-state index in [1.54, 1.807) is 12.1 Å². The number of anilines is 1. The highest BCUT2D eigenvalue weighted by molar-refractivity contribution is 5.61. The van der Waals surface area contributed by atoms with Crippen LogP contribution in [0.1, 0.15) is 23.4 Å². The van der Waals surface area contributed by atoms with E-state index in [4.69, 9.17) is 4.52 Å². The Bertz CT molecular complexity index is 1020. The van der Waals surface area contributed by atoms with Crippen molar-refractivity contribution < 1.29 is 13.3 Å². The Labute approximate surface area is 174 Å². The third-order valence-corrected chi connectivity index (χ3v) is 5.44. The third-order valence-electron chi connectivity index (χ3n) is 5.44. The molecule has 0 spiro atoms. The minimum absolute atomic E-state index is 0.0273. The number of likely N-dealkylation sites (tertiary alicyclic amines) is 1. The normalized spacial score (nSPS) is 19.4. The summed E-state index contributed by atoms with van der Waals surface area (Å²) < 4.78 is 33.0. The van der Waals surface area contributed by atoms with Gasteiger partial charge in [-0.25, -0.2) is 8.78 Å². The molecule has 0 bridgehead atoms. The van der Waals surface area contributed by atoms with E-state index in [2.05, 4.69) is 20.3 Å². The molecule has 1 saturated heterocycles. The number of aromatic nitrogens is 3. The maximum absolute atomic E-state index is 14.2. The molecule has 0 amide bonds. The summed E-state index contributed by atoms with van der Waals surface area (Å²) in [6.07, 6.45) is -0.402. The number of likely N-dealkylation sites (N-methyl/N-ethyl adjacent to an activating group) is 1. The topological polar surface area (TPSA) is 58.3 Å². The second-order valence-corrected chi connectivity index (χ2v) is 7.98. The van der Waals surface area contributed by atoms with E-state index in [1.165, 1.54) is 12.1 Å². The van der Waals surface area contributed by atoms with Gasteiger partial charge in [-0.2, -0.15) is 0 Å². The summed E-state index contributed by atoms with van der Waals surface area (Å²) >= 11 is 0. The Kier molecular flexibility index (Phi) is 5.76. The van der Waals surface area contributed by atoms with Gasteiger partial charge in [0.2, 0.25) is 0 Å². The lowest BCUT2D eigenvalue weighted by molar-refractivity contribution is 0.209. The van der Waals surface area contributed by atoms with E-state index in [0.717, 1.165) is 22.8 Å². The van der Waals surface area contributed by atoms with Gasteiger partial charge in [0.05, 0.1) is 17.9 Å². The molecular weight excluding hydrogens is 388 g/mol. The summed E-state index contributed by atoms with van der Waals surface area (Å²) in [5.41, 5.74) is 3.05. The molecule has 8 heteroatoms. The predicted octanol–water partition coefficient (Wildman–Crippen LogP) is 3.94. The molecule has 0 saturated carbocycles. The van der Waals surface area contributed by atoms with Crippen molar-refractivity contribution in [2.24, 2.45) is 0 Å². The van der Waals surface area contributed by atoms with Crippen LogP contribution in [0.2, 0.25) is 0 Å². The first kappa shape index (κ1) is 20.4. The number of hydrogen-bond donors (Lipinski definition) is 0. The average Bonchev–Trinajstić information content (AvgIpc) is 3.26. The molecule has 6 nitrogen and oxygen atoms in total. The van der Waals surface area contributed by atoms with Gasteiger partial charge in [-0.05, 0) is 44.0 Å². The quantitative estimate of drug-likeness (QED) is 0.610. The standard InChI is InChI=1S/C22H25F2N5O/c1-14-7-21(16-5-4-6-17(23)9-16)25-26-22(14)28(3)12-19-10-18(24)11-29(19)13-20-8-15(2)27-30-20/h4-9,18-19H,10-13H2,1-3H3/t18-,19-/m0/s1. The highest BCUT2D eigenvalue weighted by atomic mass is 19.1. The fourth-order valence-corrected chi connectivity index (χ4v) is 4.04. The van der Waals surface area contributed by atoms with Crippen LogP contribution in [0.3, 0.4) is 0 Å². The molecule has 1 aromatic carbocycles. The molecule has 158 valence electrons. The molecule has 0 N–H and O–H groups in total. The summed E-state index contributed by atoms with van der Waals surface area (Å²) in [5, 5.41) is 12.6. The van der Waals surface area contributed by atoms with Gasteiger partial charge in [-0.3, -0.25) is 4.90 Å². The van der Waals surface area contributed by atoms with Crippen LogP contribution in [0.4, 0.5) is 14.6 Å². The van der Waals surface area contributed by atoms with Crippen molar-refractivity contribution in [3.8, 4) is 11.3 Å². The van der Waals surface area contributed by atoms with Crippen molar-refractivity contribution in [2.45, 2.75) is 39.0 Å². The Morgan fingerprint density at radius 1 is 1.20 bits per heavy atom. The number of nitrogens with zero attached hydrogens (tertiary/aromatic N) is 5. The number of aryl methyl sites for hydroxylation is 2. The molecule has 2 aromatic heterocycles. The minimum Gasteiger partial charge on any atom is -0.360 e. The van der Waals surface area contributed by atoms with Crippen LogP contribution in [0, 0.1) is 19.7 Å². The van der Waals surface area contributed by atoms with Crippen molar-refractivity contribution in [1.82, 2.24) is 20.3 Å². The molecule has 0 aliphatic carbocycles. The van der Waals surface area contributed by atoms with Crippen molar-refractivity contribution in [2.75, 3.05) is 25.0 Å². The van der Waals surface area contributed by atoms with Crippen molar-refractivity contribution in [3.05, 3.63) is 59.2 Å². The van der Waals surface area contributed by atoms with Gasteiger partial charge in [-0.1, -0.05) is 17.3 Å². The molecule has 0 unspecified atom stereocenters. The van der Waals surface area contributed by atoms with Crippen molar-refractivity contribution >= 4 is 5.82 Å². The maximum atomic E-state index is 14.2. The second kappa shape index (κ2) is 8.47. The zero-order valence-corrected chi connectivity index (χ0v) is 17.3. The number of halogens is 2. The van der Waals surface area contributed by atoms with Crippen LogP contribution in [-0.4, -0.2) is 52.6 Å². The summed E-state index contributed by atoms with van der Waals surface area (Å²) in [7, 11) is 1.93. The predicted molar refractivity (Wildman–Crippen MR) is 110 cm³/mol. The first-order valence-corrected chi connectivity index (χ1v) is 10.0. The van der Waals surface area contributed by atoms with Crippen LogP contribution in [0.15, 0.2) is 40.9 Å². The van der Waals surface area contributed by atoms with Gasteiger partial charge in [0, 0.05) is 37.8 Å². The largest absolute Gasteiger partial charge is 0.360 e. The number of benzene rings is 1. The first-order valence-electron chi connectivity index (χ1n) is 10.0. The van der Waals surface area contributed by atoms with Crippen LogP contribution in [-0.2, 0) is 6.54 Å². The van der Waals surface area contributed by atoms with E-state index in [0.29, 0.717) is 37.3 Å². The molecule has 3 heterocycles. The number of alkyl halides is 1. The summed E-state index contributed by atoms with van der Waals surface area (Å²) in [4.78, 5) is 4.09. The van der Waals surface area contributed by atoms with Crippen LogP contribution >= 0.6 is 0 Å². The molecule has 0 radical (unpaired) electrons. The van der Waals surface area contributed by atoms with Gasteiger partial charge in [-0.15, -0.1) is 10.2 Å². The van der Waals surface area contributed by atoms with Crippen LogP contribution in [0.25, 0.3) is 11.3 Å². The Hall–Kier alpha value is -2.87. The summed E-state index contributed by atoms with van der Waals surface area (Å²) in [6.45, 7) is 5.34. The molecule has 1 aliphatic rings. The molecule has 30 heavy (non-hydrogen) atoms. The first-order chi connectivity index (χ1) is 14.4. The Morgan fingerprint density at radius 3 is 2.73 bits per heavy atom. The molecule has 4 rings (SSSR count). The summed E-state index contributed by atoms with van der Waals surface area (Å²) in [6, 6.07) is 10.1. The van der Waals surface area contributed by atoms with Gasteiger partial charge in [0.15, 0.2) is 11.6 Å². The fraction of sp³-hybridized carbons (Fsp3) is 0.409. The zero-order valence-electron chi connectivity index (χ0n) is 17.3. The fourth-order valence-electron chi connectivity index (χ4n) is 4.04. The molecule has 1 fully saturated rings. The highest BCUT2D eigenvalue weighted by Gasteiger charge is 2.33. The second-order valence-electron chi connectivity index (χ2n) is 7.98. The van der Waals surface area contributed by atoms with E-state index >= 15 is 0 Å². The van der Waals surface area contributed by atoms with Gasteiger partial charge in [0.1, 0.15) is 12.0 Å². The van der Waals surface area contributed by atoms with Gasteiger partial charge < -0.3 is 9.42 Å². The maximum Gasteiger partial charge on any atom is 0.154 e. The molecule has 2 atom stereocenters. The van der Waals surface area contributed by atoms with E-state index in [9.17, 15) is 8.78 Å². The highest BCUT2D eigenvalue weighted by Crippen LogP contribution is 2.27. The van der Waals surface area contributed by atoms with E-state index < -0.39 is 6.17 Å². The lowest BCUT2D eigenvalue weighted by atomic mass is 10.1. The lowest BCUT2D eigenvalue weighted by Crippen LogP contribution is -2.39. The van der Waals surface area contributed by atoms with Crippen molar-refractivity contribution in [1.29, 1.82) is 0 Å². The van der Waals surface area contributed by atoms with E-state index in [1.807, 2.05) is 37.9 Å².